The summed E-state index contributed by atoms with van der Waals surface area (Å²) in [6, 6.07) is 7.74. The number of likely N-dealkylation sites (tertiary alicyclic amines) is 1. The third kappa shape index (κ3) is 3.98. The summed E-state index contributed by atoms with van der Waals surface area (Å²) < 4.78 is 40.3. The maximum absolute atomic E-state index is 13.1. The average Bonchev–Trinajstić information content (AvgIpc) is 3.15. The van der Waals surface area contributed by atoms with Crippen LogP contribution in [0.3, 0.4) is 0 Å². The van der Waals surface area contributed by atoms with Crippen LogP contribution in [-0.2, 0) is 11.3 Å². The molecule has 5 nitrogen and oxygen atoms in total. The molecule has 1 fully saturated rings. The van der Waals surface area contributed by atoms with E-state index >= 15 is 0 Å². The predicted molar refractivity (Wildman–Crippen MR) is 109 cm³/mol. The molecule has 0 bridgehead atoms. The SMILES string of the molecule is Cc1ccc(-c2csc3ncn(CC(=O)N4CCCC(C(F)(F)F)C4)c(=O)c23)cc1. The first-order chi connectivity index (χ1) is 14.2. The zero-order chi connectivity index (χ0) is 21.5. The van der Waals surface area contributed by atoms with Gasteiger partial charge >= 0.3 is 6.18 Å². The van der Waals surface area contributed by atoms with Gasteiger partial charge in [-0.2, -0.15) is 13.2 Å². The molecular formula is C21H20F3N3O2S. The summed E-state index contributed by atoms with van der Waals surface area (Å²) in [4.78, 5) is 31.8. The maximum Gasteiger partial charge on any atom is 0.393 e. The van der Waals surface area contributed by atoms with Gasteiger partial charge in [-0.3, -0.25) is 14.2 Å². The molecule has 0 saturated carbocycles. The Labute approximate surface area is 174 Å². The zero-order valence-electron chi connectivity index (χ0n) is 16.3. The van der Waals surface area contributed by atoms with Gasteiger partial charge in [0.25, 0.3) is 5.56 Å². The van der Waals surface area contributed by atoms with Gasteiger partial charge in [-0.1, -0.05) is 29.8 Å². The van der Waals surface area contributed by atoms with Crippen molar-refractivity contribution in [2.75, 3.05) is 13.1 Å². The number of hydrogen-bond donors (Lipinski definition) is 0. The van der Waals surface area contributed by atoms with Crippen molar-refractivity contribution in [3.05, 3.63) is 51.9 Å². The van der Waals surface area contributed by atoms with Crippen LogP contribution in [0.4, 0.5) is 13.2 Å². The van der Waals surface area contributed by atoms with E-state index in [1.165, 1.54) is 27.1 Å². The van der Waals surface area contributed by atoms with E-state index in [2.05, 4.69) is 4.98 Å². The summed E-state index contributed by atoms with van der Waals surface area (Å²) in [7, 11) is 0. The zero-order valence-corrected chi connectivity index (χ0v) is 17.1. The fourth-order valence-corrected chi connectivity index (χ4v) is 4.65. The number of piperidine rings is 1. The predicted octanol–water partition coefficient (Wildman–Crippen LogP) is 4.23. The lowest BCUT2D eigenvalue weighted by atomic mass is 9.97. The molecule has 30 heavy (non-hydrogen) atoms. The van der Waals surface area contributed by atoms with Crippen molar-refractivity contribution in [3.8, 4) is 11.1 Å². The molecule has 0 radical (unpaired) electrons. The van der Waals surface area contributed by atoms with Crippen molar-refractivity contribution in [2.45, 2.75) is 32.5 Å². The van der Waals surface area contributed by atoms with Gasteiger partial charge in [-0.05, 0) is 25.3 Å². The van der Waals surface area contributed by atoms with Gasteiger partial charge in [0.2, 0.25) is 5.91 Å². The van der Waals surface area contributed by atoms with Gasteiger partial charge in [0.05, 0.1) is 17.6 Å². The van der Waals surface area contributed by atoms with Crippen LogP contribution in [0.2, 0.25) is 0 Å². The highest BCUT2D eigenvalue weighted by Crippen LogP contribution is 2.33. The molecule has 1 amide bonds. The van der Waals surface area contributed by atoms with Crippen molar-refractivity contribution in [1.29, 1.82) is 0 Å². The summed E-state index contributed by atoms with van der Waals surface area (Å²) in [6.07, 6.45) is -2.71. The third-order valence-corrected chi connectivity index (χ3v) is 6.35. The van der Waals surface area contributed by atoms with Gasteiger partial charge < -0.3 is 4.90 Å². The van der Waals surface area contributed by atoms with Crippen LogP contribution in [0.1, 0.15) is 18.4 Å². The summed E-state index contributed by atoms with van der Waals surface area (Å²) in [5.41, 5.74) is 2.34. The van der Waals surface area contributed by atoms with E-state index in [1.807, 2.05) is 36.6 Å². The number of alkyl halides is 3. The van der Waals surface area contributed by atoms with Crippen molar-refractivity contribution in [2.24, 2.45) is 5.92 Å². The molecule has 4 rings (SSSR count). The van der Waals surface area contributed by atoms with Crippen molar-refractivity contribution >= 4 is 27.5 Å². The Bertz CT molecular complexity index is 1140. The second kappa shape index (κ2) is 7.86. The molecule has 0 aliphatic carbocycles. The standard InChI is InChI=1S/C21H20F3N3O2S/c1-13-4-6-14(7-5-13)16-11-30-19-18(16)20(29)27(12-25-19)10-17(28)26-8-2-3-15(9-26)21(22,23)24/h4-7,11-12,15H,2-3,8-10H2,1H3. The maximum atomic E-state index is 13.1. The van der Waals surface area contributed by atoms with E-state index in [9.17, 15) is 22.8 Å². The second-order valence-electron chi connectivity index (χ2n) is 7.59. The van der Waals surface area contributed by atoms with Gasteiger partial charge in [-0.15, -0.1) is 11.3 Å². The van der Waals surface area contributed by atoms with E-state index in [1.54, 1.807) is 0 Å². The normalized spacial score (nSPS) is 17.5. The minimum atomic E-state index is -4.32. The summed E-state index contributed by atoms with van der Waals surface area (Å²) >= 11 is 1.34. The molecule has 158 valence electrons. The van der Waals surface area contributed by atoms with Crippen LogP contribution in [-0.4, -0.2) is 39.6 Å². The minimum absolute atomic E-state index is 0.0234. The minimum Gasteiger partial charge on any atom is -0.341 e. The van der Waals surface area contributed by atoms with Gasteiger partial charge in [0.15, 0.2) is 0 Å². The Kier molecular flexibility index (Phi) is 5.40. The molecular weight excluding hydrogens is 415 g/mol. The number of thiophene rings is 1. The topological polar surface area (TPSA) is 55.2 Å². The molecule has 1 saturated heterocycles. The monoisotopic (exact) mass is 435 g/mol. The number of fused-ring (bicyclic) bond motifs is 1. The molecule has 1 aliphatic heterocycles. The van der Waals surface area contributed by atoms with E-state index in [-0.39, 0.29) is 31.6 Å². The lowest BCUT2D eigenvalue weighted by molar-refractivity contribution is -0.188. The Balaban J connectivity index is 1.61. The fourth-order valence-electron chi connectivity index (χ4n) is 3.74. The van der Waals surface area contributed by atoms with Crippen LogP contribution in [0.25, 0.3) is 21.3 Å². The molecule has 3 aromatic rings. The van der Waals surface area contributed by atoms with Crippen LogP contribution in [0.15, 0.2) is 40.8 Å². The van der Waals surface area contributed by atoms with Crippen LogP contribution in [0.5, 0.6) is 0 Å². The van der Waals surface area contributed by atoms with Crippen molar-refractivity contribution in [3.63, 3.8) is 0 Å². The fraction of sp³-hybridized carbons (Fsp3) is 0.381. The quantitative estimate of drug-likeness (QED) is 0.619. The number of amides is 1. The Hall–Kier alpha value is -2.68. The molecule has 9 heteroatoms. The number of nitrogens with zero attached hydrogens (tertiary/aromatic N) is 3. The molecule has 1 atom stereocenters. The molecule has 0 N–H and O–H groups in total. The van der Waals surface area contributed by atoms with E-state index in [0.717, 1.165) is 16.7 Å². The van der Waals surface area contributed by atoms with E-state index < -0.39 is 18.0 Å². The molecule has 0 spiro atoms. The van der Waals surface area contributed by atoms with Crippen LogP contribution in [0, 0.1) is 12.8 Å². The number of carbonyl (C=O) groups is 1. The molecule has 1 aliphatic rings. The largest absolute Gasteiger partial charge is 0.393 e. The van der Waals surface area contributed by atoms with Crippen molar-refractivity contribution in [1.82, 2.24) is 14.5 Å². The number of halogens is 3. The summed E-state index contributed by atoms with van der Waals surface area (Å²) in [5.74, 6) is -2.02. The lowest BCUT2D eigenvalue weighted by Crippen LogP contribution is -2.46. The Morgan fingerprint density at radius 1 is 1.27 bits per heavy atom. The molecule has 2 aromatic heterocycles. The molecule has 1 aromatic carbocycles. The van der Waals surface area contributed by atoms with Crippen LogP contribution >= 0.6 is 11.3 Å². The van der Waals surface area contributed by atoms with E-state index in [4.69, 9.17) is 0 Å². The Morgan fingerprint density at radius 2 is 2.00 bits per heavy atom. The number of carbonyl (C=O) groups excluding carboxylic acids is 1. The van der Waals surface area contributed by atoms with E-state index in [0.29, 0.717) is 16.6 Å². The highest BCUT2D eigenvalue weighted by atomic mass is 32.1. The third-order valence-electron chi connectivity index (χ3n) is 5.47. The number of aryl methyl sites for hydroxylation is 1. The lowest BCUT2D eigenvalue weighted by Gasteiger charge is -2.33. The van der Waals surface area contributed by atoms with Gasteiger partial charge in [0, 0.05) is 24.0 Å². The number of hydrogen-bond acceptors (Lipinski definition) is 4. The number of aromatic nitrogens is 2. The highest BCUT2D eigenvalue weighted by molar-refractivity contribution is 7.17. The average molecular weight is 435 g/mol. The van der Waals surface area contributed by atoms with Gasteiger partial charge in [0.1, 0.15) is 11.4 Å². The Morgan fingerprint density at radius 3 is 2.70 bits per heavy atom. The summed E-state index contributed by atoms with van der Waals surface area (Å²) in [6.45, 7) is 1.55. The molecule has 3 heterocycles. The highest BCUT2D eigenvalue weighted by Gasteiger charge is 2.42. The first-order valence-corrected chi connectivity index (χ1v) is 10.5. The second-order valence-corrected chi connectivity index (χ2v) is 8.45. The first kappa shape index (κ1) is 20.6. The number of benzene rings is 1. The first-order valence-electron chi connectivity index (χ1n) is 9.62. The smallest absolute Gasteiger partial charge is 0.341 e. The van der Waals surface area contributed by atoms with Crippen LogP contribution < -0.4 is 5.56 Å². The molecule has 1 unspecified atom stereocenters. The summed E-state index contributed by atoms with van der Waals surface area (Å²) in [5, 5.41) is 2.28. The van der Waals surface area contributed by atoms with Gasteiger partial charge in [-0.25, -0.2) is 4.98 Å². The number of rotatable bonds is 3. The van der Waals surface area contributed by atoms with Crippen molar-refractivity contribution < 1.29 is 18.0 Å².